The maximum atomic E-state index is 12.9. The smallest absolute Gasteiger partial charge is 0.346 e. The highest BCUT2D eigenvalue weighted by molar-refractivity contribution is 6.02. The van der Waals surface area contributed by atoms with Crippen LogP contribution < -0.4 is 9.47 Å². The van der Waals surface area contributed by atoms with Crippen LogP contribution in [0.25, 0.3) is 0 Å². The van der Waals surface area contributed by atoms with Gasteiger partial charge in [0.2, 0.25) is 12.6 Å². The van der Waals surface area contributed by atoms with Crippen LogP contribution in [0.1, 0.15) is 27.6 Å². The zero-order valence-corrected chi connectivity index (χ0v) is 13.4. The highest BCUT2D eigenvalue weighted by atomic mass is 19.1. The van der Waals surface area contributed by atoms with E-state index in [0.717, 1.165) is 24.3 Å². The molecule has 1 atom stereocenters. The monoisotopic (exact) mass is 361 g/mol. The van der Waals surface area contributed by atoms with Crippen molar-refractivity contribution in [1.82, 2.24) is 0 Å². The van der Waals surface area contributed by atoms with E-state index in [2.05, 4.69) is 0 Å². The summed E-state index contributed by atoms with van der Waals surface area (Å²) in [4.78, 5) is 35.0. The lowest BCUT2D eigenvalue weighted by molar-refractivity contribution is -0.385. The topological polar surface area (TPSA) is 105 Å². The van der Waals surface area contributed by atoms with Gasteiger partial charge in [0, 0.05) is 11.6 Å². The number of benzene rings is 2. The number of nitro benzene ring substituents is 1. The predicted octanol–water partition coefficient (Wildman–Crippen LogP) is 2.89. The maximum Gasteiger partial charge on any atom is 0.346 e. The molecule has 2 aromatic rings. The Labute approximate surface area is 146 Å². The summed E-state index contributed by atoms with van der Waals surface area (Å²) >= 11 is 0. The van der Waals surface area contributed by atoms with Crippen LogP contribution in [0.3, 0.4) is 0 Å². The largest absolute Gasteiger partial charge is 0.454 e. The maximum absolute atomic E-state index is 12.9. The zero-order valence-electron chi connectivity index (χ0n) is 13.4. The van der Waals surface area contributed by atoms with Gasteiger partial charge in [0.15, 0.2) is 17.6 Å². The second-order valence-corrected chi connectivity index (χ2v) is 5.40. The zero-order chi connectivity index (χ0) is 18.8. The number of nitro groups is 1. The van der Waals surface area contributed by atoms with Crippen molar-refractivity contribution < 1.29 is 33.1 Å². The molecule has 1 aliphatic heterocycles. The molecule has 26 heavy (non-hydrogen) atoms. The Bertz CT molecular complexity index is 895. The van der Waals surface area contributed by atoms with Gasteiger partial charge >= 0.3 is 5.97 Å². The van der Waals surface area contributed by atoms with Crippen LogP contribution in [0.2, 0.25) is 0 Å². The summed E-state index contributed by atoms with van der Waals surface area (Å²) in [5, 5.41) is 11.2. The average Bonchev–Trinajstić information content (AvgIpc) is 3.08. The van der Waals surface area contributed by atoms with Crippen LogP contribution in [0, 0.1) is 15.9 Å². The van der Waals surface area contributed by atoms with Crippen LogP contribution in [0.4, 0.5) is 10.1 Å². The fourth-order valence-electron chi connectivity index (χ4n) is 2.37. The van der Waals surface area contributed by atoms with Gasteiger partial charge in [-0.1, -0.05) is 0 Å². The number of halogens is 1. The van der Waals surface area contributed by atoms with Crippen molar-refractivity contribution in [1.29, 1.82) is 0 Å². The summed E-state index contributed by atoms with van der Waals surface area (Å²) in [7, 11) is 0. The van der Waals surface area contributed by atoms with Crippen molar-refractivity contribution in [3.8, 4) is 11.5 Å². The Balaban J connectivity index is 1.82. The summed E-state index contributed by atoms with van der Waals surface area (Å²) in [6, 6.07) is 6.91. The number of hydrogen-bond acceptors (Lipinski definition) is 7. The third-order valence-electron chi connectivity index (χ3n) is 3.69. The Morgan fingerprint density at radius 2 is 1.81 bits per heavy atom. The fourth-order valence-corrected chi connectivity index (χ4v) is 2.37. The first-order chi connectivity index (χ1) is 12.4. The second-order valence-electron chi connectivity index (χ2n) is 5.40. The highest BCUT2D eigenvalue weighted by Gasteiger charge is 2.30. The summed E-state index contributed by atoms with van der Waals surface area (Å²) in [5.74, 6) is -1.83. The number of ether oxygens (including phenoxy) is 3. The SMILES string of the molecule is CC(OC(=O)c1cc2c(cc1[N+](=O)[O-])OCO2)C(=O)c1ccc(F)cc1. The van der Waals surface area contributed by atoms with Gasteiger partial charge in [0.1, 0.15) is 11.4 Å². The number of esters is 1. The lowest BCUT2D eigenvalue weighted by Gasteiger charge is -2.13. The number of rotatable bonds is 5. The van der Waals surface area contributed by atoms with E-state index in [4.69, 9.17) is 14.2 Å². The minimum Gasteiger partial charge on any atom is -0.454 e. The molecule has 2 aromatic carbocycles. The van der Waals surface area contributed by atoms with Crippen molar-refractivity contribution in [2.45, 2.75) is 13.0 Å². The van der Waals surface area contributed by atoms with E-state index in [1.54, 1.807) is 0 Å². The molecule has 0 aromatic heterocycles. The molecule has 0 radical (unpaired) electrons. The molecular formula is C17H12FNO7. The van der Waals surface area contributed by atoms with E-state index < -0.39 is 34.3 Å². The van der Waals surface area contributed by atoms with Gasteiger partial charge in [-0.25, -0.2) is 9.18 Å². The first-order valence-corrected chi connectivity index (χ1v) is 7.45. The van der Waals surface area contributed by atoms with Crippen molar-refractivity contribution >= 4 is 17.4 Å². The fraction of sp³-hybridized carbons (Fsp3) is 0.176. The standard InChI is InChI=1S/C17H12FNO7/c1-9(16(20)10-2-4-11(18)5-3-10)26-17(21)12-6-14-15(25-8-24-14)7-13(12)19(22)23/h2-7,9H,8H2,1H3. The molecule has 0 saturated heterocycles. The third kappa shape index (κ3) is 3.32. The number of fused-ring (bicyclic) bond motifs is 1. The van der Waals surface area contributed by atoms with E-state index >= 15 is 0 Å². The number of carbonyl (C=O) groups is 2. The van der Waals surface area contributed by atoms with Crippen LogP contribution >= 0.6 is 0 Å². The van der Waals surface area contributed by atoms with Crippen molar-refractivity contribution in [3.63, 3.8) is 0 Å². The molecule has 9 heteroatoms. The average molecular weight is 361 g/mol. The van der Waals surface area contributed by atoms with Crippen LogP contribution in [0.5, 0.6) is 11.5 Å². The Morgan fingerprint density at radius 1 is 1.19 bits per heavy atom. The van der Waals surface area contributed by atoms with Gasteiger partial charge in [0.25, 0.3) is 5.69 Å². The lowest BCUT2D eigenvalue weighted by Crippen LogP contribution is -2.24. The van der Waals surface area contributed by atoms with Gasteiger partial charge in [-0.05, 0) is 31.2 Å². The summed E-state index contributed by atoms with van der Waals surface area (Å²) in [6.07, 6.45) is -1.22. The van der Waals surface area contributed by atoms with Gasteiger partial charge in [0.05, 0.1) is 11.0 Å². The third-order valence-corrected chi connectivity index (χ3v) is 3.69. The molecular weight excluding hydrogens is 349 g/mol. The number of carbonyl (C=O) groups excluding carboxylic acids is 2. The molecule has 0 aliphatic carbocycles. The Kier molecular flexibility index (Phi) is 4.53. The number of hydrogen-bond donors (Lipinski definition) is 0. The molecule has 0 N–H and O–H groups in total. The van der Waals surface area contributed by atoms with E-state index in [1.165, 1.54) is 19.1 Å². The molecule has 0 amide bonds. The van der Waals surface area contributed by atoms with Crippen LogP contribution in [0.15, 0.2) is 36.4 Å². The normalized spacial score (nSPS) is 13.2. The minimum absolute atomic E-state index is 0.121. The van der Waals surface area contributed by atoms with Crippen molar-refractivity contribution in [2.75, 3.05) is 6.79 Å². The number of Topliss-reactive ketones (excluding diaryl/α,β-unsaturated/α-hetero) is 1. The van der Waals surface area contributed by atoms with Crippen LogP contribution in [-0.2, 0) is 4.74 Å². The summed E-state index contributed by atoms with van der Waals surface area (Å²) in [6.45, 7) is 1.20. The molecule has 134 valence electrons. The van der Waals surface area contributed by atoms with Crippen LogP contribution in [-0.4, -0.2) is 29.6 Å². The molecule has 1 aliphatic rings. The Morgan fingerprint density at radius 3 is 2.42 bits per heavy atom. The molecule has 3 rings (SSSR count). The molecule has 0 saturated carbocycles. The molecule has 0 fully saturated rings. The molecule has 0 bridgehead atoms. The summed E-state index contributed by atoms with van der Waals surface area (Å²) in [5.41, 5.74) is -0.745. The molecule has 1 heterocycles. The number of nitrogens with zero attached hydrogens (tertiary/aromatic N) is 1. The molecule has 0 spiro atoms. The lowest BCUT2D eigenvalue weighted by atomic mass is 10.1. The minimum atomic E-state index is -1.22. The van der Waals surface area contributed by atoms with E-state index in [1.807, 2.05) is 0 Å². The van der Waals surface area contributed by atoms with Gasteiger partial charge in [-0.3, -0.25) is 14.9 Å². The van der Waals surface area contributed by atoms with Gasteiger partial charge < -0.3 is 14.2 Å². The van der Waals surface area contributed by atoms with Crippen molar-refractivity contribution in [2.24, 2.45) is 0 Å². The predicted molar refractivity (Wildman–Crippen MR) is 84.8 cm³/mol. The molecule has 1 unspecified atom stereocenters. The summed E-state index contributed by atoms with van der Waals surface area (Å²) < 4.78 is 28.1. The molecule has 8 nitrogen and oxygen atoms in total. The second kappa shape index (κ2) is 6.79. The first kappa shape index (κ1) is 17.3. The number of ketones is 1. The van der Waals surface area contributed by atoms with Gasteiger partial charge in [-0.2, -0.15) is 0 Å². The highest BCUT2D eigenvalue weighted by Crippen LogP contribution is 2.38. The van der Waals surface area contributed by atoms with Crippen molar-refractivity contribution in [3.05, 3.63) is 63.5 Å². The quantitative estimate of drug-likeness (QED) is 0.349. The van der Waals surface area contributed by atoms with Gasteiger partial charge in [-0.15, -0.1) is 0 Å². The van der Waals surface area contributed by atoms with E-state index in [0.29, 0.717) is 0 Å². The Hall–Kier alpha value is -3.49. The first-order valence-electron chi connectivity index (χ1n) is 7.45. The van der Waals surface area contributed by atoms with E-state index in [9.17, 15) is 24.1 Å². The van der Waals surface area contributed by atoms with E-state index in [-0.39, 0.29) is 29.4 Å².